The van der Waals surface area contributed by atoms with Gasteiger partial charge in [0.15, 0.2) is 24.2 Å². The fourth-order valence-corrected chi connectivity index (χ4v) is 5.85. The van der Waals surface area contributed by atoms with Crippen LogP contribution in [0, 0.1) is 119 Å². The minimum Gasteiger partial charge on any atom is -1.00 e. The van der Waals surface area contributed by atoms with Crippen LogP contribution < -0.4 is 28.2 Å². The van der Waals surface area contributed by atoms with E-state index in [0.717, 1.165) is 67.0 Å². The van der Waals surface area contributed by atoms with Crippen molar-refractivity contribution in [1.82, 2.24) is 15.1 Å². The number of terminal acetylenes is 1. The van der Waals surface area contributed by atoms with Crippen LogP contribution in [0.15, 0.2) is 15.0 Å². The highest BCUT2D eigenvalue weighted by Gasteiger charge is 2.40. The lowest BCUT2D eigenvalue weighted by Crippen LogP contribution is -3.00. The summed E-state index contributed by atoms with van der Waals surface area (Å²) in [6.07, 6.45) is 7.17. The predicted molar refractivity (Wildman–Crippen MR) is 321 cm³/mol. The number of hydrogen-bond donors (Lipinski definition) is 1. The zero-order valence-corrected chi connectivity index (χ0v) is 47.5. The van der Waals surface area contributed by atoms with E-state index in [9.17, 15) is 31.2 Å². The molecule has 0 aromatic carbocycles. The number of halogens is 1. The number of quaternary nitrogens is 3. The lowest BCUT2D eigenvalue weighted by molar-refractivity contribution is -0.824. The number of likely N-dealkylation sites (N-methyl/N-ethyl adjacent to an activating group) is 3. The van der Waals surface area contributed by atoms with Crippen molar-refractivity contribution in [2.24, 2.45) is 15.0 Å². The van der Waals surface area contributed by atoms with Gasteiger partial charge in [0.1, 0.15) is 31.7 Å². The average molecular weight is 1130 g/mol. The Hall–Kier alpha value is -7.07. The van der Waals surface area contributed by atoms with Gasteiger partial charge in [-0.3, -0.25) is 32.7 Å². The summed E-state index contributed by atoms with van der Waals surface area (Å²) in [6, 6.07) is 0.908. The smallest absolute Gasteiger partial charge is 0.303 e. The first-order valence-electron chi connectivity index (χ1n) is 22.3. The second-order valence-corrected chi connectivity index (χ2v) is 19.9. The highest BCUT2D eigenvalue weighted by atomic mass is 35.5. The van der Waals surface area contributed by atoms with Crippen molar-refractivity contribution >= 4 is 55.5 Å². The van der Waals surface area contributed by atoms with Gasteiger partial charge in [0, 0.05) is 92.7 Å². The Labute approximate surface area is 480 Å². The van der Waals surface area contributed by atoms with Crippen molar-refractivity contribution in [3.8, 4) is 119 Å². The monoisotopic (exact) mass is 1130 g/mol. The average Bonchev–Trinajstić information content (AvgIpc) is 3.91. The fourth-order valence-electron chi connectivity index (χ4n) is 5.85. The maximum Gasteiger partial charge on any atom is 0.303 e. The van der Waals surface area contributed by atoms with Crippen LogP contribution in [0.4, 0.5) is 0 Å². The number of rotatable bonds is 11. The van der Waals surface area contributed by atoms with Gasteiger partial charge in [-0.1, -0.05) is 0 Å². The molecule has 0 fully saturated rings. The molecule has 20 nitrogen and oxygen atoms in total. The Morgan fingerprint density at radius 3 is 1.44 bits per heavy atom. The molecule has 0 bridgehead atoms. The molecule has 0 aliphatic carbocycles. The van der Waals surface area contributed by atoms with Crippen molar-refractivity contribution in [3.05, 3.63) is 0 Å². The van der Waals surface area contributed by atoms with Crippen LogP contribution >= 0.6 is 0 Å². The minimum absolute atomic E-state index is 0. The molecule has 0 saturated carbocycles. The maximum atomic E-state index is 12.3. The van der Waals surface area contributed by atoms with Gasteiger partial charge >= 0.3 is 5.91 Å². The molecule has 0 saturated heterocycles. The van der Waals surface area contributed by atoms with E-state index in [1.165, 1.54) is 11.7 Å². The minimum atomic E-state index is -3.72. The number of nitrogens with zero attached hydrogens (tertiary/aromatic N) is 8. The van der Waals surface area contributed by atoms with E-state index in [4.69, 9.17) is 21.9 Å². The third-order valence-corrected chi connectivity index (χ3v) is 11.5. The summed E-state index contributed by atoms with van der Waals surface area (Å²) in [5.74, 6) is 50.2. The van der Waals surface area contributed by atoms with Crippen molar-refractivity contribution in [2.75, 3.05) is 107 Å². The summed E-state index contributed by atoms with van der Waals surface area (Å²) >= 11 is 0. The van der Waals surface area contributed by atoms with E-state index in [1.807, 2.05) is 20.9 Å². The maximum absolute atomic E-state index is 12.3. The van der Waals surface area contributed by atoms with Crippen LogP contribution in [0.25, 0.3) is 0 Å². The molecule has 1 N–H and O–H groups in total. The third-order valence-electron chi connectivity index (χ3n) is 11.0. The summed E-state index contributed by atoms with van der Waals surface area (Å²) in [5, 5.41) is 20.5. The van der Waals surface area contributed by atoms with Gasteiger partial charge in [-0.2, -0.15) is 0 Å². The molecule has 23 heteroatoms. The van der Waals surface area contributed by atoms with Crippen molar-refractivity contribution in [1.29, 1.82) is 0 Å². The van der Waals surface area contributed by atoms with Crippen molar-refractivity contribution < 1.29 is 103 Å². The third kappa shape index (κ3) is 33.4. The van der Waals surface area contributed by atoms with E-state index in [0.29, 0.717) is 42.3 Å². The second-order valence-electron chi connectivity index (χ2n) is 16.8. The first-order valence-corrected chi connectivity index (χ1v) is 26.0. The van der Waals surface area contributed by atoms with Crippen LogP contribution in [0.2, 0.25) is 0 Å². The van der Waals surface area contributed by atoms with Gasteiger partial charge in [-0.15, -0.1) is 6.42 Å². The standard InChI is InChI=1S/C29H18N3O.C12H24N3O.C9H17N3O.2CH4O4S.ClH.19H2/c1-5-7-8-9-10-11-12-13-14-15-16-17-18-19-20-21-22-23-24-29(33)31(6-2)27-32(4)26-25-30-28(32)3;1-9-10(2)15(5,6)12(13-9)7-8-14(4)11(3)16;1-8-10-4-6-12(8,3)7-5-11-9(2)13;2*1-6(3,4)5-2;;;;;;;;;;;;;;;;;;;;/h1H,6,25-27H2,2-4H3;9-10H,7-8H2,1-6H3;4-7H2,1-3H3;2*2H,1H3;20*1H/q2*+1;;;;;;;;;;;;;;;;;;;;;;;/p-2. The second kappa shape index (κ2) is 37.6. The summed E-state index contributed by atoms with van der Waals surface area (Å²) < 4.78 is 45.5. The fraction of sp³-hybridized carbons (Fsp3) is 0.500. The molecule has 442 valence electrons. The van der Waals surface area contributed by atoms with Crippen LogP contribution in [-0.2, 0) is 43.3 Å². The summed E-state index contributed by atoms with van der Waals surface area (Å²) in [5.41, 5.74) is 0. The Morgan fingerprint density at radius 2 is 1.13 bits per heavy atom. The van der Waals surface area contributed by atoms with E-state index < -0.39 is 20.2 Å². The molecule has 3 rings (SSSR count). The topological polar surface area (TPSA) is 240 Å². The van der Waals surface area contributed by atoms with Crippen LogP contribution in [0.5, 0.6) is 0 Å². The molecule has 4 atom stereocenters. The number of carbonyl (C=O) groups excluding carboxylic acids is 3. The Morgan fingerprint density at radius 1 is 0.747 bits per heavy atom. The molecular weight excluding hydrogens is 1030 g/mol. The SMILES string of the molecule is C#CC#CC#CC#CC#CC#CC#CC#CC#CC#CC(=O)N(CC)C[N+]1(C)CCN=C1C.CC(=O)N(C)CCC1=NC(C)C(C)[N+]1(C)C.CC(=O)NCC[N+]1(C)CCN=C1C.CS(=O)(=O)O[O-].CS(=O)(=O)O[O-].[Cl-].[HH].[HH].[HH].[HH].[HH].[HH].[HH].[HH].[HH].[HH].[HH].[HH].[HH].[HH].[HH].[HH].[HH].[HH].[HH]. The van der Waals surface area contributed by atoms with Gasteiger partial charge < -0.3 is 41.8 Å². The molecule has 3 amide bonds. The van der Waals surface area contributed by atoms with Gasteiger partial charge in [0.05, 0.1) is 66.8 Å². The Bertz CT molecular complexity index is 3010. The van der Waals surface area contributed by atoms with Crippen LogP contribution in [-0.4, -0.2) is 194 Å². The zero-order chi connectivity index (χ0) is 57.0. The summed E-state index contributed by atoms with van der Waals surface area (Å²) in [7, 11) is 3.02. The number of aliphatic imine (C=N–C) groups is 3. The summed E-state index contributed by atoms with van der Waals surface area (Å²) in [6.45, 7) is 20.7. The quantitative estimate of drug-likeness (QED) is 0.121. The summed E-state index contributed by atoms with van der Waals surface area (Å²) in [4.78, 5) is 51.0. The molecular formula is C52H104ClN9O11S2. The number of nitrogens with one attached hydrogen (secondary N) is 1. The molecule has 0 aromatic heterocycles. The zero-order valence-electron chi connectivity index (χ0n) is 45.1. The van der Waals surface area contributed by atoms with Gasteiger partial charge in [0.2, 0.25) is 11.8 Å². The van der Waals surface area contributed by atoms with Gasteiger partial charge in [0.25, 0.3) is 20.2 Å². The number of carbonyl (C=O) groups is 3. The van der Waals surface area contributed by atoms with Gasteiger partial charge in [-0.05, 0) is 115 Å². The van der Waals surface area contributed by atoms with Gasteiger partial charge in [-0.25, -0.2) is 31.8 Å². The lowest BCUT2D eigenvalue weighted by Gasteiger charge is -2.33. The van der Waals surface area contributed by atoms with E-state index in [2.05, 4.69) is 185 Å². The Balaban J connectivity index is -0.0000000367. The normalized spacial score (nSPS) is 18.4. The molecule has 4 unspecified atom stereocenters. The van der Waals surface area contributed by atoms with E-state index >= 15 is 0 Å². The highest BCUT2D eigenvalue weighted by molar-refractivity contribution is 7.86. The highest BCUT2D eigenvalue weighted by Crippen LogP contribution is 2.24. The molecule has 75 heavy (non-hydrogen) atoms. The largest absolute Gasteiger partial charge is 1.00 e. The van der Waals surface area contributed by atoms with Crippen molar-refractivity contribution in [2.45, 2.75) is 67.0 Å². The molecule has 0 aromatic rings. The molecule has 3 heterocycles. The van der Waals surface area contributed by atoms with Crippen molar-refractivity contribution in [3.63, 3.8) is 0 Å². The van der Waals surface area contributed by atoms with Crippen LogP contribution in [0.1, 0.15) is 82.0 Å². The number of amides is 3. The first kappa shape index (κ1) is 72.2. The van der Waals surface area contributed by atoms with E-state index in [1.54, 1.807) is 23.6 Å². The van der Waals surface area contributed by atoms with Crippen LogP contribution in [0.3, 0.4) is 0 Å². The Kier molecular flexibility index (Phi) is 36.2. The number of hydrogen-bond acceptors (Lipinski definition) is 14. The first-order chi connectivity index (χ1) is 34.5. The molecule has 0 radical (unpaired) electrons. The molecule has 3 aliphatic heterocycles. The predicted octanol–water partition coefficient (Wildman–Crippen LogP) is -0.390. The molecule has 3 aliphatic rings. The molecule has 0 spiro atoms. The lowest BCUT2D eigenvalue weighted by atomic mass is 10.1. The number of amidine groups is 3. The van der Waals surface area contributed by atoms with E-state index in [-0.39, 0.29) is 57.2 Å².